The lowest BCUT2D eigenvalue weighted by Gasteiger charge is -2.14. The van der Waals surface area contributed by atoms with E-state index in [0.29, 0.717) is 34.5 Å². The van der Waals surface area contributed by atoms with Gasteiger partial charge in [0.2, 0.25) is 5.91 Å². The van der Waals surface area contributed by atoms with E-state index in [1.807, 2.05) is 34.9 Å². The zero-order chi connectivity index (χ0) is 30.3. The number of hydrogen-bond donors (Lipinski definition) is 2. The number of thiophene rings is 1. The minimum atomic E-state index is -0.568. The van der Waals surface area contributed by atoms with Crippen LogP contribution in [-0.4, -0.2) is 44.4 Å². The first-order chi connectivity index (χ1) is 20.8. The fraction of sp³-hybridized carbons (Fsp3) is 0.323. The highest BCUT2D eigenvalue weighted by Gasteiger charge is 2.30. The Labute approximate surface area is 257 Å². The van der Waals surface area contributed by atoms with Gasteiger partial charge in [-0.15, -0.1) is 21.5 Å². The topological polar surface area (TPSA) is 115 Å². The molecule has 2 aromatic heterocycles. The molecule has 0 aliphatic heterocycles. The number of rotatable bonds is 12. The van der Waals surface area contributed by atoms with Gasteiger partial charge >= 0.3 is 5.97 Å². The van der Waals surface area contributed by atoms with Crippen LogP contribution >= 0.6 is 23.1 Å². The van der Waals surface area contributed by atoms with Gasteiger partial charge in [0.05, 0.1) is 24.0 Å². The van der Waals surface area contributed by atoms with Crippen LogP contribution in [0.15, 0.2) is 59.8 Å². The minimum absolute atomic E-state index is 0.0714. The summed E-state index contributed by atoms with van der Waals surface area (Å²) in [6.45, 7) is 4.38. The van der Waals surface area contributed by atoms with E-state index in [9.17, 15) is 18.8 Å². The number of carbonyl (C=O) groups is 3. The number of amides is 2. The maximum Gasteiger partial charge on any atom is 0.341 e. The smallest absolute Gasteiger partial charge is 0.341 e. The van der Waals surface area contributed by atoms with Gasteiger partial charge in [-0.3, -0.25) is 9.59 Å². The van der Waals surface area contributed by atoms with E-state index in [2.05, 4.69) is 20.8 Å². The highest BCUT2D eigenvalue weighted by Crippen LogP contribution is 2.40. The first-order valence-electron chi connectivity index (χ1n) is 14.1. The quantitative estimate of drug-likeness (QED) is 0.160. The van der Waals surface area contributed by atoms with Crippen molar-refractivity contribution in [3.63, 3.8) is 0 Å². The lowest BCUT2D eigenvalue weighted by atomic mass is 10.1. The third-order valence-corrected chi connectivity index (χ3v) is 9.33. The molecule has 0 radical (unpaired) electrons. The average Bonchev–Trinajstić information content (AvgIpc) is 3.70. The van der Waals surface area contributed by atoms with E-state index >= 15 is 0 Å². The molecule has 0 bridgehead atoms. The highest BCUT2D eigenvalue weighted by molar-refractivity contribution is 8.00. The Balaban J connectivity index is 1.31. The Morgan fingerprint density at radius 3 is 2.70 bits per heavy atom. The number of esters is 1. The van der Waals surface area contributed by atoms with E-state index in [1.165, 1.54) is 47.4 Å². The number of fused-ring (bicyclic) bond motifs is 1. The molecule has 1 aliphatic rings. The van der Waals surface area contributed by atoms with Crippen molar-refractivity contribution in [3.8, 4) is 0 Å². The van der Waals surface area contributed by atoms with Gasteiger partial charge in [-0.2, -0.15) is 0 Å². The first-order valence-corrected chi connectivity index (χ1v) is 15.8. The van der Waals surface area contributed by atoms with Crippen LogP contribution in [0, 0.1) is 5.82 Å². The number of nitrogens with one attached hydrogen (secondary N) is 2. The van der Waals surface area contributed by atoms with E-state index in [4.69, 9.17) is 4.74 Å². The zero-order valence-electron chi connectivity index (χ0n) is 23.9. The molecule has 0 spiro atoms. The molecule has 0 unspecified atom stereocenters. The van der Waals surface area contributed by atoms with Crippen molar-refractivity contribution in [3.05, 3.63) is 93.4 Å². The third-order valence-electron chi connectivity index (χ3n) is 7.04. The van der Waals surface area contributed by atoms with Gasteiger partial charge in [0.1, 0.15) is 10.8 Å². The van der Waals surface area contributed by atoms with Crippen molar-refractivity contribution in [2.24, 2.45) is 0 Å². The number of anilines is 1. The van der Waals surface area contributed by atoms with Gasteiger partial charge in [-0.1, -0.05) is 48.2 Å². The van der Waals surface area contributed by atoms with Gasteiger partial charge in [0, 0.05) is 17.0 Å². The number of thioether (sulfide) groups is 1. The van der Waals surface area contributed by atoms with Crippen LogP contribution in [0.1, 0.15) is 62.8 Å². The van der Waals surface area contributed by atoms with E-state index in [-0.39, 0.29) is 24.6 Å². The summed E-state index contributed by atoms with van der Waals surface area (Å²) in [5.41, 5.74) is 2.76. The molecule has 0 saturated carbocycles. The SMILES string of the molecule is CCOC(=O)c1c(NC(=O)[C@@H](C)Sc2nnc(CNC(=O)c3cccc(F)c3)n2CCc2ccccc2)sc2c1CCC2. The van der Waals surface area contributed by atoms with Crippen molar-refractivity contribution in [2.75, 3.05) is 11.9 Å². The molecule has 2 heterocycles. The molecule has 43 heavy (non-hydrogen) atoms. The van der Waals surface area contributed by atoms with Crippen LogP contribution in [0.25, 0.3) is 0 Å². The maximum absolute atomic E-state index is 13.6. The molecule has 9 nitrogen and oxygen atoms in total. The molecule has 4 aromatic rings. The third kappa shape index (κ3) is 7.31. The molecule has 5 rings (SSSR count). The van der Waals surface area contributed by atoms with Gasteiger partial charge in [0.25, 0.3) is 5.91 Å². The number of nitrogens with zero attached hydrogens (tertiary/aromatic N) is 3. The lowest BCUT2D eigenvalue weighted by Crippen LogP contribution is -2.26. The normalized spacial score (nSPS) is 12.9. The van der Waals surface area contributed by atoms with Crippen molar-refractivity contribution in [1.29, 1.82) is 0 Å². The van der Waals surface area contributed by atoms with Crippen LogP contribution in [0.5, 0.6) is 0 Å². The van der Waals surface area contributed by atoms with Gasteiger partial charge < -0.3 is 19.9 Å². The summed E-state index contributed by atoms with van der Waals surface area (Å²) in [5, 5.41) is 14.9. The molecule has 1 aliphatic carbocycles. The van der Waals surface area contributed by atoms with Crippen molar-refractivity contribution in [2.45, 2.75) is 63.0 Å². The summed E-state index contributed by atoms with van der Waals surface area (Å²) in [4.78, 5) is 39.9. The number of aryl methyl sites for hydroxylation is 2. The highest BCUT2D eigenvalue weighted by atomic mass is 32.2. The average molecular weight is 622 g/mol. The Morgan fingerprint density at radius 2 is 1.93 bits per heavy atom. The minimum Gasteiger partial charge on any atom is -0.462 e. The molecule has 2 aromatic carbocycles. The van der Waals surface area contributed by atoms with Crippen molar-refractivity contribution < 1.29 is 23.5 Å². The number of benzene rings is 2. The predicted octanol–water partition coefficient (Wildman–Crippen LogP) is 5.44. The Kier molecular flexibility index (Phi) is 9.88. The van der Waals surface area contributed by atoms with E-state index < -0.39 is 22.9 Å². The molecule has 2 amide bonds. The van der Waals surface area contributed by atoms with Gasteiger partial charge in [0.15, 0.2) is 11.0 Å². The molecule has 1 atom stereocenters. The fourth-order valence-corrected chi connectivity index (χ4v) is 7.05. The Morgan fingerprint density at radius 1 is 1.12 bits per heavy atom. The molecule has 0 saturated heterocycles. The van der Waals surface area contributed by atoms with Crippen LogP contribution in [0.4, 0.5) is 9.39 Å². The largest absolute Gasteiger partial charge is 0.462 e. The molecule has 224 valence electrons. The van der Waals surface area contributed by atoms with Gasteiger partial charge in [-0.05, 0) is 68.9 Å². The standard InChI is InChI=1S/C31H32FN5O4S2/c1-3-41-30(40)26-23-13-8-14-24(23)43-29(26)34-27(38)19(2)42-31-36-35-25(37(31)16-15-20-9-5-4-6-10-20)18-33-28(39)21-11-7-12-22(32)17-21/h4-7,9-12,17,19H,3,8,13-16,18H2,1-2H3,(H,33,39)(H,34,38)/t19-/m1/s1. The second kappa shape index (κ2) is 14.0. The van der Waals surface area contributed by atoms with E-state index in [0.717, 1.165) is 35.3 Å². The number of carbonyl (C=O) groups excluding carboxylic acids is 3. The fourth-order valence-electron chi connectivity index (χ4n) is 4.87. The zero-order valence-corrected chi connectivity index (χ0v) is 25.5. The predicted molar refractivity (Wildman–Crippen MR) is 164 cm³/mol. The number of ether oxygens (including phenoxy) is 1. The summed E-state index contributed by atoms with van der Waals surface area (Å²) in [6, 6.07) is 15.4. The summed E-state index contributed by atoms with van der Waals surface area (Å²) < 4.78 is 20.8. The van der Waals surface area contributed by atoms with Gasteiger partial charge in [-0.25, -0.2) is 9.18 Å². The monoisotopic (exact) mass is 621 g/mol. The second-order valence-corrected chi connectivity index (χ2v) is 12.4. The van der Waals surface area contributed by atoms with Crippen LogP contribution in [-0.2, 0) is 41.9 Å². The Hall–Kier alpha value is -4.03. The van der Waals surface area contributed by atoms with E-state index in [1.54, 1.807) is 13.8 Å². The molecule has 0 fully saturated rings. The lowest BCUT2D eigenvalue weighted by molar-refractivity contribution is -0.115. The number of halogens is 1. The molecule has 12 heteroatoms. The molecular weight excluding hydrogens is 590 g/mol. The van der Waals surface area contributed by atoms with Crippen LogP contribution in [0.3, 0.4) is 0 Å². The second-order valence-electron chi connectivity index (χ2n) is 10.0. The molecule has 2 N–H and O–H groups in total. The number of aromatic nitrogens is 3. The van der Waals surface area contributed by atoms with Crippen molar-refractivity contribution >= 4 is 45.9 Å². The van der Waals surface area contributed by atoms with Crippen molar-refractivity contribution in [1.82, 2.24) is 20.1 Å². The maximum atomic E-state index is 13.6. The Bertz CT molecular complexity index is 1620. The first kappa shape index (κ1) is 30.4. The summed E-state index contributed by atoms with van der Waals surface area (Å²) >= 11 is 2.68. The molecular formula is C31H32FN5O4S2. The van der Waals surface area contributed by atoms with Crippen LogP contribution in [0.2, 0.25) is 0 Å². The number of hydrogen-bond acceptors (Lipinski definition) is 8. The summed E-state index contributed by atoms with van der Waals surface area (Å²) in [6.07, 6.45) is 3.35. The van der Waals surface area contributed by atoms with Crippen LogP contribution < -0.4 is 10.6 Å². The summed E-state index contributed by atoms with van der Waals surface area (Å²) in [5.74, 6) is -1.10. The summed E-state index contributed by atoms with van der Waals surface area (Å²) in [7, 11) is 0.